The van der Waals surface area contributed by atoms with E-state index in [0.717, 1.165) is 24.6 Å². The number of carbonyl (C=O) groups excluding carboxylic acids is 1. The minimum absolute atomic E-state index is 0.0732. The monoisotopic (exact) mass is 501 g/mol. The number of carbonyl (C=O) groups is 1. The van der Waals surface area contributed by atoms with Crippen LogP contribution >= 0.6 is 11.3 Å². The predicted octanol–water partition coefficient (Wildman–Crippen LogP) is 1.74. The Morgan fingerprint density at radius 1 is 1.19 bits per heavy atom. The highest BCUT2D eigenvalue weighted by molar-refractivity contribution is 7.92. The van der Waals surface area contributed by atoms with E-state index in [1.807, 2.05) is 31.2 Å². The highest BCUT2D eigenvalue weighted by Gasteiger charge is 2.50. The number of hydrogen-bond acceptors (Lipinski definition) is 7. The summed E-state index contributed by atoms with van der Waals surface area (Å²) in [5, 5.41) is 9.13. The van der Waals surface area contributed by atoms with E-state index in [1.54, 1.807) is 12.1 Å². The first-order chi connectivity index (χ1) is 14.9. The molecule has 1 aliphatic rings. The molecule has 3 rings (SSSR count). The molecular formula is C20H27N3O6S3. The summed E-state index contributed by atoms with van der Waals surface area (Å²) in [5.41, 5.74) is 3.54. The lowest BCUT2D eigenvalue weighted by molar-refractivity contribution is -0.129. The van der Waals surface area contributed by atoms with Gasteiger partial charge in [-0.2, -0.15) is 17.0 Å². The Balaban J connectivity index is 2.09. The van der Waals surface area contributed by atoms with Gasteiger partial charge in [-0.1, -0.05) is 29.8 Å². The van der Waals surface area contributed by atoms with Crippen molar-refractivity contribution in [2.24, 2.45) is 0 Å². The summed E-state index contributed by atoms with van der Waals surface area (Å²) in [6.07, 6.45) is -0.612. The zero-order chi connectivity index (χ0) is 23.7. The Morgan fingerprint density at radius 2 is 1.84 bits per heavy atom. The van der Waals surface area contributed by atoms with Crippen LogP contribution < -0.4 is 5.48 Å². The van der Waals surface area contributed by atoms with Crippen molar-refractivity contribution in [3.63, 3.8) is 0 Å². The van der Waals surface area contributed by atoms with Crippen LogP contribution in [0.3, 0.4) is 0 Å². The number of rotatable bonds is 6. The summed E-state index contributed by atoms with van der Waals surface area (Å²) in [7, 11) is -5.02. The third-order valence-corrected chi connectivity index (χ3v) is 11.6. The number of hydroxylamine groups is 1. The molecule has 32 heavy (non-hydrogen) atoms. The van der Waals surface area contributed by atoms with E-state index in [2.05, 4.69) is 0 Å². The second-order valence-electron chi connectivity index (χ2n) is 7.99. The SMILES string of the molecule is Cc1ccc(-c2ccc(C3(CC(=O)NO)CCN(S(=O)(=O)N(C)C)CCS3(=O)=O)s2)cc1. The van der Waals surface area contributed by atoms with Crippen molar-refractivity contribution in [3.05, 3.63) is 46.8 Å². The summed E-state index contributed by atoms with van der Waals surface area (Å²) in [4.78, 5) is 13.5. The van der Waals surface area contributed by atoms with E-state index in [9.17, 15) is 21.6 Å². The van der Waals surface area contributed by atoms with E-state index in [1.165, 1.54) is 30.9 Å². The molecular weight excluding hydrogens is 474 g/mol. The first-order valence-corrected chi connectivity index (χ1v) is 13.8. The molecule has 12 heteroatoms. The summed E-state index contributed by atoms with van der Waals surface area (Å²) in [6.45, 7) is 1.69. The van der Waals surface area contributed by atoms with Gasteiger partial charge in [0.05, 0.1) is 12.2 Å². The molecule has 0 aliphatic carbocycles. The van der Waals surface area contributed by atoms with E-state index < -0.39 is 42.9 Å². The van der Waals surface area contributed by atoms with Crippen molar-refractivity contribution < 1.29 is 26.8 Å². The van der Waals surface area contributed by atoms with Crippen LogP contribution in [0.15, 0.2) is 36.4 Å². The molecule has 0 radical (unpaired) electrons. The predicted molar refractivity (Wildman–Crippen MR) is 123 cm³/mol. The number of nitrogens with one attached hydrogen (secondary N) is 1. The van der Waals surface area contributed by atoms with Crippen molar-refractivity contribution in [2.45, 2.75) is 24.5 Å². The first kappa shape index (κ1) is 24.8. The van der Waals surface area contributed by atoms with Crippen LogP contribution in [-0.4, -0.2) is 69.5 Å². The largest absolute Gasteiger partial charge is 0.289 e. The Morgan fingerprint density at radius 3 is 2.44 bits per heavy atom. The van der Waals surface area contributed by atoms with Gasteiger partial charge in [0.15, 0.2) is 9.84 Å². The maximum Gasteiger partial charge on any atom is 0.281 e. The molecule has 1 saturated heterocycles. The highest BCUT2D eigenvalue weighted by Crippen LogP contribution is 2.45. The van der Waals surface area contributed by atoms with Gasteiger partial charge in [-0.25, -0.2) is 13.9 Å². The van der Waals surface area contributed by atoms with Gasteiger partial charge >= 0.3 is 0 Å². The molecule has 2 N–H and O–H groups in total. The average Bonchev–Trinajstić information content (AvgIpc) is 3.18. The second kappa shape index (κ2) is 9.20. The zero-order valence-corrected chi connectivity index (χ0v) is 20.6. The number of benzene rings is 1. The van der Waals surface area contributed by atoms with E-state index in [4.69, 9.17) is 5.21 Å². The molecule has 1 amide bonds. The Hall–Kier alpha value is -1.83. The van der Waals surface area contributed by atoms with Gasteiger partial charge < -0.3 is 0 Å². The lowest BCUT2D eigenvalue weighted by atomic mass is 9.97. The lowest BCUT2D eigenvalue weighted by Gasteiger charge is -2.30. The fraction of sp³-hybridized carbons (Fsp3) is 0.450. The molecule has 1 atom stereocenters. The smallest absolute Gasteiger partial charge is 0.281 e. The maximum atomic E-state index is 13.5. The van der Waals surface area contributed by atoms with Gasteiger partial charge in [0.2, 0.25) is 5.91 Å². The highest BCUT2D eigenvalue weighted by atomic mass is 32.2. The minimum Gasteiger partial charge on any atom is -0.289 e. The van der Waals surface area contributed by atoms with Crippen LogP contribution in [0.4, 0.5) is 0 Å². The summed E-state index contributed by atoms with van der Waals surface area (Å²) in [6, 6.07) is 11.3. The Labute approximate surface area is 192 Å². The fourth-order valence-corrected chi connectivity index (χ4v) is 8.60. The van der Waals surface area contributed by atoms with Crippen molar-refractivity contribution in [1.29, 1.82) is 0 Å². The van der Waals surface area contributed by atoms with Crippen molar-refractivity contribution in [3.8, 4) is 10.4 Å². The zero-order valence-electron chi connectivity index (χ0n) is 18.1. The summed E-state index contributed by atoms with van der Waals surface area (Å²) < 4.78 is 52.8. The average molecular weight is 502 g/mol. The summed E-state index contributed by atoms with van der Waals surface area (Å²) in [5.74, 6) is -1.28. The van der Waals surface area contributed by atoms with Crippen LogP contribution in [0.2, 0.25) is 0 Å². The second-order valence-corrected chi connectivity index (χ2v) is 13.6. The first-order valence-electron chi connectivity index (χ1n) is 9.93. The van der Waals surface area contributed by atoms with Crippen molar-refractivity contribution in [1.82, 2.24) is 14.1 Å². The van der Waals surface area contributed by atoms with Crippen LogP contribution in [0.5, 0.6) is 0 Å². The molecule has 1 aliphatic heterocycles. The fourth-order valence-electron chi connectivity index (χ4n) is 3.77. The number of hydrogen-bond donors (Lipinski definition) is 2. The number of amides is 1. The van der Waals surface area contributed by atoms with E-state index in [-0.39, 0.29) is 19.5 Å². The molecule has 2 heterocycles. The van der Waals surface area contributed by atoms with Crippen molar-refractivity contribution in [2.75, 3.05) is 32.9 Å². The molecule has 1 aromatic carbocycles. The third kappa shape index (κ3) is 4.61. The van der Waals surface area contributed by atoms with Gasteiger partial charge in [0, 0.05) is 36.9 Å². The minimum atomic E-state index is -3.96. The molecule has 176 valence electrons. The molecule has 1 aromatic heterocycles. The van der Waals surface area contributed by atoms with E-state index in [0.29, 0.717) is 4.88 Å². The van der Waals surface area contributed by atoms with Gasteiger partial charge in [-0.15, -0.1) is 11.3 Å². The molecule has 0 bridgehead atoms. The number of sulfone groups is 1. The van der Waals surface area contributed by atoms with Gasteiger partial charge in [0.25, 0.3) is 10.2 Å². The van der Waals surface area contributed by atoms with Crippen LogP contribution in [-0.2, 0) is 29.6 Å². The van der Waals surface area contributed by atoms with Gasteiger partial charge in [-0.05, 0) is 31.0 Å². The standard InChI is InChI=1S/C20H27N3O6S3/c1-15-4-6-16(7-5-15)17-8-9-18(30-17)20(14-19(24)21-25)10-11-23(12-13-31(20,26)27)32(28,29)22(2)3/h4-9,25H,10-14H2,1-3H3,(H,21,24). The topological polar surface area (TPSA) is 124 Å². The number of nitrogens with zero attached hydrogens (tertiary/aromatic N) is 2. The molecule has 1 fully saturated rings. The molecule has 0 spiro atoms. The van der Waals surface area contributed by atoms with Crippen molar-refractivity contribution >= 4 is 37.3 Å². The molecule has 1 unspecified atom stereocenters. The van der Waals surface area contributed by atoms with Crippen LogP contribution in [0.25, 0.3) is 10.4 Å². The summed E-state index contributed by atoms with van der Waals surface area (Å²) >= 11 is 1.26. The molecule has 2 aromatic rings. The lowest BCUT2D eigenvalue weighted by Crippen LogP contribution is -2.42. The Kier molecular flexibility index (Phi) is 7.13. The Bertz CT molecular complexity index is 1190. The normalized spacial score (nSPS) is 21.9. The molecule has 9 nitrogen and oxygen atoms in total. The quantitative estimate of drug-likeness (QED) is 0.459. The molecule has 0 saturated carbocycles. The van der Waals surface area contributed by atoms with Gasteiger partial charge in [0.1, 0.15) is 4.75 Å². The third-order valence-electron chi connectivity index (χ3n) is 5.72. The number of thiophene rings is 1. The van der Waals surface area contributed by atoms with Gasteiger partial charge in [-0.3, -0.25) is 10.0 Å². The van der Waals surface area contributed by atoms with Crippen LogP contribution in [0.1, 0.15) is 23.3 Å². The maximum absolute atomic E-state index is 13.5. The van der Waals surface area contributed by atoms with E-state index >= 15 is 0 Å². The number of aryl methyl sites for hydroxylation is 1. The van der Waals surface area contributed by atoms with Crippen LogP contribution in [0, 0.1) is 6.92 Å².